The number of ether oxygens (including phenoxy) is 1. The van der Waals surface area contributed by atoms with Gasteiger partial charge in [0.05, 0.1) is 6.61 Å². The lowest BCUT2D eigenvalue weighted by Gasteiger charge is -2.25. The molecular formula is C11H21N3O. The van der Waals surface area contributed by atoms with Crippen molar-refractivity contribution in [1.82, 2.24) is 5.32 Å². The molecule has 3 N–H and O–H groups in total. The van der Waals surface area contributed by atoms with E-state index >= 15 is 0 Å². The van der Waals surface area contributed by atoms with Crippen LogP contribution in [0.4, 0.5) is 0 Å². The Labute approximate surface area is 91.3 Å². The fourth-order valence-corrected chi connectivity index (χ4v) is 1.96. The molecule has 1 unspecified atom stereocenters. The van der Waals surface area contributed by atoms with Crippen LogP contribution in [0.25, 0.3) is 0 Å². The summed E-state index contributed by atoms with van der Waals surface area (Å²) in [7, 11) is 0. The van der Waals surface area contributed by atoms with Gasteiger partial charge in [0.1, 0.15) is 0 Å². The molecule has 1 heterocycles. The molecule has 1 aliphatic heterocycles. The van der Waals surface area contributed by atoms with Crippen molar-refractivity contribution in [1.29, 1.82) is 0 Å². The Bertz CT molecular complexity index is 220. The van der Waals surface area contributed by atoms with Gasteiger partial charge in [0.15, 0.2) is 5.96 Å². The zero-order valence-corrected chi connectivity index (χ0v) is 9.24. The average Bonchev–Trinajstić information content (AvgIpc) is 2.64. The molecule has 2 rings (SSSR count). The average molecular weight is 211 g/mol. The van der Waals surface area contributed by atoms with Crippen LogP contribution in [0, 0.1) is 11.8 Å². The van der Waals surface area contributed by atoms with Gasteiger partial charge in [-0.15, -0.1) is 0 Å². The fourth-order valence-electron chi connectivity index (χ4n) is 1.96. The molecule has 0 aromatic rings. The maximum absolute atomic E-state index is 5.78. The van der Waals surface area contributed by atoms with Gasteiger partial charge in [-0.05, 0) is 25.2 Å². The van der Waals surface area contributed by atoms with Crippen molar-refractivity contribution in [2.75, 3.05) is 26.3 Å². The van der Waals surface area contributed by atoms with E-state index in [0.29, 0.717) is 11.9 Å². The second-order valence-electron chi connectivity index (χ2n) is 4.63. The first-order valence-corrected chi connectivity index (χ1v) is 5.96. The van der Waals surface area contributed by atoms with Crippen LogP contribution in [0.3, 0.4) is 0 Å². The normalized spacial score (nSPS) is 27.7. The molecule has 0 aromatic carbocycles. The summed E-state index contributed by atoms with van der Waals surface area (Å²) in [6.07, 6.45) is 5.19. The van der Waals surface area contributed by atoms with Gasteiger partial charge in [0.2, 0.25) is 0 Å². The van der Waals surface area contributed by atoms with Gasteiger partial charge in [-0.3, -0.25) is 4.99 Å². The Balaban J connectivity index is 1.60. The van der Waals surface area contributed by atoms with E-state index in [1.165, 1.54) is 19.3 Å². The maximum atomic E-state index is 5.78. The molecule has 0 aromatic heterocycles. The first-order chi connectivity index (χ1) is 7.34. The second-order valence-corrected chi connectivity index (χ2v) is 4.63. The van der Waals surface area contributed by atoms with E-state index in [1.54, 1.807) is 0 Å². The highest BCUT2D eigenvalue weighted by molar-refractivity contribution is 5.77. The summed E-state index contributed by atoms with van der Waals surface area (Å²) in [4.78, 5) is 4.34. The number of nitrogens with zero attached hydrogens (tertiary/aromatic N) is 1. The first kappa shape index (κ1) is 10.7. The molecule has 0 bridgehead atoms. The highest BCUT2D eigenvalue weighted by atomic mass is 16.5. The fraction of sp³-hybridized carbons (Fsp3) is 0.909. The molecule has 0 radical (unpaired) electrons. The van der Waals surface area contributed by atoms with Crippen LogP contribution < -0.4 is 11.1 Å². The van der Waals surface area contributed by atoms with Gasteiger partial charge in [0, 0.05) is 25.6 Å². The lowest BCUT2D eigenvalue weighted by Crippen LogP contribution is -2.37. The highest BCUT2D eigenvalue weighted by Crippen LogP contribution is 2.24. The number of guanidine groups is 1. The minimum absolute atomic E-state index is 0.578. The minimum atomic E-state index is 0.578. The Morgan fingerprint density at radius 3 is 2.80 bits per heavy atom. The van der Waals surface area contributed by atoms with Crippen LogP contribution in [0.1, 0.15) is 25.7 Å². The summed E-state index contributed by atoms with van der Waals surface area (Å²) in [5, 5.41) is 3.20. The molecule has 1 saturated heterocycles. The minimum Gasteiger partial charge on any atom is -0.381 e. The lowest BCUT2D eigenvalue weighted by atomic mass is 9.85. The molecule has 1 aliphatic carbocycles. The second kappa shape index (κ2) is 5.35. The predicted molar refractivity (Wildman–Crippen MR) is 60.8 cm³/mol. The predicted octanol–water partition coefficient (Wildman–Crippen LogP) is 0.727. The number of aliphatic imine (C=N–C) groups is 1. The number of nitrogens with two attached hydrogens (primary N) is 1. The quantitative estimate of drug-likeness (QED) is 0.532. The zero-order chi connectivity index (χ0) is 10.5. The van der Waals surface area contributed by atoms with Gasteiger partial charge in [-0.25, -0.2) is 0 Å². The molecule has 4 heteroatoms. The summed E-state index contributed by atoms with van der Waals surface area (Å²) in [5.74, 6) is 2.01. The van der Waals surface area contributed by atoms with Crippen molar-refractivity contribution in [3.8, 4) is 0 Å². The van der Waals surface area contributed by atoms with E-state index in [9.17, 15) is 0 Å². The molecule has 0 spiro atoms. The van der Waals surface area contributed by atoms with Crippen LogP contribution in [-0.4, -0.2) is 32.3 Å². The third-order valence-electron chi connectivity index (χ3n) is 3.34. The molecule has 0 amide bonds. The maximum Gasteiger partial charge on any atom is 0.188 e. The van der Waals surface area contributed by atoms with Crippen molar-refractivity contribution in [2.24, 2.45) is 22.6 Å². The number of hydrogen-bond donors (Lipinski definition) is 2. The zero-order valence-electron chi connectivity index (χ0n) is 9.24. The smallest absolute Gasteiger partial charge is 0.188 e. The Hall–Kier alpha value is -0.770. The summed E-state index contributed by atoms with van der Waals surface area (Å²) in [6, 6.07) is 0. The van der Waals surface area contributed by atoms with Crippen LogP contribution in [0.5, 0.6) is 0 Å². The van der Waals surface area contributed by atoms with Crippen molar-refractivity contribution < 1.29 is 4.74 Å². The largest absolute Gasteiger partial charge is 0.381 e. The number of rotatable bonds is 4. The molecular weight excluding hydrogens is 190 g/mol. The van der Waals surface area contributed by atoms with E-state index in [4.69, 9.17) is 10.5 Å². The van der Waals surface area contributed by atoms with Gasteiger partial charge in [0.25, 0.3) is 0 Å². The standard InChI is InChI=1S/C11H21N3O/c12-11(13-6-9-2-1-3-9)14-7-10-4-5-15-8-10/h9-10H,1-8H2,(H3,12,13,14). The van der Waals surface area contributed by atoms with Gasteiger partial charge in [-0.1, -0.05) is 6.42 Å². The van der Waals surface area contributed by atoms with E-state index in [-0.39, 0.29) is 0 Å². The lowest BCUT2D eigenvalue weighted by molar-refractivity contribution is 0.187. The van der Waals surface area contributed by atoms with Gasteiger partial charge < -0.3 is 15.8 Å². The van der Waals surface area contributed by atoms with E-state index < -0.39 is 0 Å². The van der Waals surface area contributed by atoms with Crippen molar-refractivity contribution in [3.05, 3.63) is 0 Å². The Morgan fingerprint density at radius 2 is 2.20 bits per heavy atom. The molecule has 1 atom stereocenters. The molecule has 86 valence electrons. The van der Waals surface area contributed by atoms with Crippen LogP contribution in [0.15, 0.2) is 4.99 Å². The first-order valence-electron chi connectivity index (χ1n) is 5.96. The summed E-state index contributed by atoms with van der Waals surface area (Å²) >= 11 is 0. The SMILES string of the molecule is NC(=NCC1CCOC1)NCC1CCC1. The summed E-state index contributed by atoms with van der Waals surface area (Å²) < 4.78 is 5.28. The van der Waals surface area contributed by atoms with Crippen LogP contribution >= 0.6 is 0 Å². The third kappa shape index (κ3) is 3.38. The molecule has 15 heavy (non-hydrogen) atoms. The van der Waals surface area contributed by atoms with E-state index in [2.05, 4.69) is 10.3 Å². The summed E-state index contributed by atoms with van der Waals surface area (Å²) in [6.45, 7) is 3.54. The topological polar surface area (TPSA) is 59.6 Å². The van der Waals surface area contributed by atoms with E-state index in [1.807, 2.05) is 0 Å². The Kier molecular flexibility index (Phi) is 3.83. The number of hydrogen-bond acceptors (Lipinski definition) is 2. The monoisotopic (exact) mass is 211 g/mol. The summed E-state index contributed by atoms with van der Waals surface area (Å²) in [5.41, 5.74) is 5.78. The number of nitrogens with one attached hydrogen (secondary N) is 1. The van der Waals surface area contributed by atoms with Crippen molar-refractivity contribution in [3.63, 3.8) is 0 Å². The molecule has 2 aliphatic rings. The Morgan fingerprint density at radius 1 is 1.33 bits per heavy atom. The van der Waals surface area contributed by atoms with Gasteiger partial charge in [-0.2, -0.15) is 0 Å². The molecule has 1 saturated carbocycles. The molecule has 2 fully saturated rings. The third-order valence-corrected chi connectivity index (χ3v) is 3.34. The van der Waals surface area contributed by atoms with Crippen LogP contribution in [0.2, 0.25) is 0 Å². The molecule has 4 nitrogen and oxygen atoms in total. The van der Waals surface area contributed by atoms with Crippen molar-refractivity contribution in [2.45, 2.75) is 25.7 Å². The van der Waals surface area contributed by atoms with Crippen LogP contribution in [-0.2, 0) is 4.74 Å². The highest BCUT2D eigenvalue weighted by Gasteiger charge is 2.17. The van der Waals surface area contributed by atoms with Gasteiger partial charge >= 0.3 is 0 Å². The van der Waals surface area contributed by atoms with Crippen molar-refractivity contribution >= 4 is 5.96 Å². The van der Waals surface area contributed by atoms with E-state index in [0.717, 1.165) is 38.6 Å².